The molecule has 0 saturated carbocycles. The number of halogens is 4. The SMILES string of the molecule is CCC([C@H](C)OCc1ccccc1)n1ncn(-c2ccc(N3CCN(c4ccc(-c5ccc(C(F)(F)C(O)(Cn6cccn6)c6ccc(F)cc6F)nc5)cc4)CC3)cc2)c1=O. The third kappa shape index (κ3) is 8.50. The van der Waals surface area contributed by atoms with Gasteiger partial charge in [-0.3, -0.25) is 9.67 Å². The average molecular weight is 847 g/mol. The molecule has 0 bridgehead atoms. The molecule has 2 unspecified atom stereocenters. The molecule has 1 aliphatic rings. The van der Waals surface area contributed by atoms with Crippen molar-refractivity contribution in [2.24, 2.45) is 0 Å². The normalized spacial score (nSPS) is 15.3. The summed E-state index contributed by atoms with van der Waals surface area (Å²) < 4.78 is 71.5. The van der Waals surface area contributed by atoms with Gasteiger partial charge in [0.1, 0.15) is 23.7 Å². The predicted molar refractivity (Wildman–Crippen MR) is 228 cm³/mol. The van der Waals surface area contributed by atoms with E-state index in [1.54, 1.807) is 10.9 Å². The Morgan fingerprint density at radius 3 is 2.03 bits per heavy atom. The number of hydrogen-bond acceptors (Lipinski definition) is 8. The fourth-order valence-electron chi connectivity index (χ4n) is 8.02. The third-order valence-corrected chi connectivity index (χ3v) is 11.6. The molecule has 0 radical (unpaired) electrons. The molecule has 15 heteroatoms. The van der Waals surface area contributed by atoms with Crippen molar-refractivity contribution >= 4 is 11.4 Å². The molecule has 1 fully saturated rings. The minimum Gasteiger partial charge on any atom is -0.377 e. The second-order valence-electron chi connectivity index (χ2n) is 15.4. The number of aliphatic hydroxyl groups is 1. The number of benzene rings is 4. The molecule has 0 aliphatic carbocycles. The molecule has 1 aliphatic heterocycles. The Bertz CT molecular complexity index is 2610. The van der Waals surface area contributed by atoms with Crippen molar-refractivity contribution in [3.8, 4) is 16.8 Å². The standard InChI is InChI=1S/C47H46F4N8O3/c1-3-43(33(2)62-30-34-8-5-4-6-9-34)59-45(60)58(32-54-59)40-18-16-39(17-19-40)56-26-24-55(25-27-56)38-14-10-35(11-15-38)36-12-21-44(52-29-36)47(50,51)46(61,31-57-23-7-22-53-57)41-20-13-37(48)28-42(41)49/h4-23,28-29,32-33,43,61H,3,24-27,30-31H2,1-2H3/t33-,43?,46?/m0/s1. The Morgan fingerprint density at radius 1 is 0.790 bits per heavy atom. The van der Waals surface area contributed by atoms with Crippen molar-refractivity contribution in [3.63, 3.8) is 0 Å². The van der Waals surface area contributed by atoms with Crippen LogP contribution in [0.3, 0.4) is 0 Å². The quantitative estimate of drug-likeness (QED) is 0.103. The Hall–Kier alpha value is -6.58. The van der Waals surface area contributed by atoms with Crippen LogP contribution >= 0.6 is 0 Å². The van der Waals surface area contributed by atoms with Gasteiger partial charge < -0.3 is 19.6 Å². The molecular weight excluding hydrogens is 801 g/mol. The lowest BCUT2D eigenvalue weighted by Gasteiger charge is -2.37. The zero-order valence-electron chi connectivity index (χ0n) is 34.2. The summed E-state index contributed by atoms with van der Waals surface area (Å²) >= 11 is 0. The molecule has 1 saturated heterocycles. The second-order valence-corrected chi connectivity index (χ2v) is 15.4. The molecule has 0 spiro atoms. The highest BCUT2D eigenvalue weighted by Gasteiger charge is 2.57. The maximum Gasteiger partial charge on any atom is 0.350 e. The highest BCUT2D eigenvalue weighted by molar-refractivity contribution is 5.66. The Morgan fingerprint density at radius 2 is 1.44 bits per heavy atom. The van der Waals surface area contributed by atoms with Gasteiger partial charge in [0.15, 0.2) is 5.60 Å². The van der Waals surface area contributed by atoms with Crippen LogP contribution in [0, 0.1) is 11.6 Å². The molecule has 1 N–H and O–H groups in total. The highest BCUT2D eigenvalue weighted by atomic mass is 19.3. The van der Waals surface area contributed by atoms with Crippen molar-refractivity contribution < 1.29 is 27.4 Å². The summed E-state index contributed by atoms with van der Waals surface area (Å²) in [5.41, 5.74) is 0.210. The Labute approximate surface area is 356 Å². The third-order valence-electron chi connectivity index (χ3n) is 11.6. The lowest BCUT2D eigenvalue weighted by molar-refractivity contribution is -0.207. The number of piperazine rings is 1. The van der Waals surface area contributed by atoms with Gasteiger partial charge in [0.05, 0.1) is 31.0 Å². The number of alkyl halides is 2. The number of nitrogens with zero attached hydrogens (tertiary/aromatic N) is 8. The molecular formula is C47H46F4N8O3. The van der Waals surface area contributed by atoms with E-state index in [1.165, 1.54) is 35.4 Å². The first-order chi connectivity index (χ1) is 29.9. The number of hydrogen-bond donors (Lipinski definition) is 1. The van der Waals surface area contributed by atoms with E-state index < -0.39 is 41.0 Å². The summed E-state index contributed by atoms with van der Waals surface area (Å²) in [4.78, 5) is 22.1. The topological polar surface area (TPSA) is 106 Å². The Kier molecular flexibility index (Phi) is 12.1. The maximum atomic E-state index is 16.3. The predicted octanol–water partition coefficient (Wildman–Crippen LogP) is 8.13. The number of aromatic nitrogens is 6. The first kappa shape index (κ1) is 42.1. The molecule has 320 valence electrons. The van der Waals surface area contributed by atoms with E-state index in [9.17, 15) is 18.7 Å². The van der Waals surface area contributed by atoms with Gasteiger partial charge in [0.2, 0.25) is 0 Å². The number of ether oxygens (including phenoxy) is 1. The Balaban J connectivity index is 0.886. The van der Waals surface area contributed by atoms with Crippen molar-refractivity contribution in [2.75, 3.05) is 36.0 Å². The molecule has 3 atom stereocenters. The summed E-state index contributed by atoms with van der Waals surface area (Å²) in [5.74, 6) is -6.39. The van der Waals surface area contributed by atoms with Crippen molar-refractivity contribution in [1.82, 2.24) is 29.1 Å². The van der Waals surface area contributed by atoms with Crippen LogP contribution in [-0.2, 0) is 29.4 Å². The smallest absolute Gasteiger partial charge is 0.350 e. The zero-order chi connectivity index (χ0) is 43.4. The molecule has 4 aromatic carbocycles. The van der Waals surface area contributed by atoms with E-state index >= 15 is 8.78 Å². The number of rotatable bonds is 15. The minimum absolute atomic E-state index is 0.220. The van der Waals surface area contributed by atoms with Gasteiger partial charge >= 0.3 is 11.6 Å². The van der Waals surface area contributed by atoms with Gasteiger partial charge in [-0.2, -0.15) is 19.0 Å². The van der Waals surface area contributed by atoms with E-state index in [-0.39, 0.29) is 17.8 Å². The van der Waals surface area contributed by atoms with Crippen LogP contribution in [-0.4, -0.2) is 66.5 Å². The molecule has 7 aromatic rings. The molecule has 0 amide bonds. The molecule has 4 heterocycles. The molecule has 8 rings (SSSR count). The van der Waals surface area contributed by atoms with Crippen molar-refractivity contribution in [3.05, 3.63) is 179 Å². The van der Waals surface area contributed by atoms with Gasteiger partial charge in [0, 0.05) is 73.3 Å². The lowest BCUT2D eigenvalue weighted by Crippen LogP contribution is -2.48. The van der Waals surface area contributed by atoms with Crippen molar-refractivity contribution in [2.45, 2.75) is 57.1 Å². The van der Waals surface area contributed by atoms with E-state index in [4.69, 9.17) is 4.74 Å². The maximum absolute atomic E-state index is 16.3. The largest absolute Gasteiger partial charge is 0.377 e. The van der Waals surface area contributed by atoms with Gasteiger partial charge in [-0.1, -0.05) is 55.5 Å². The van der Waals surface area contributed by atoms with Gasteiger partial charge in [-0.05, 0) is 85.1 Å². The van der Waals surface area contributed by atoms with E-state index in [2.05, 4.69) is 25.0 Å². The molecule has 11 nitrogen and oxygen atoms in total. The van der Waals surface area contributed by atoms with Crippen molar-refractivity contribution in [1.29, 1.82) is 0 Å². The molecule has 62 heavy (non-hydrogen) atoms. The number of pyridine rings is 1. The summed E-state index contributed by atoms with van der Waals surface area (Å²) in [5, 5.41) is 19.9. The van der Waals surface area contributed by atoms with Gasteiger partial charge in [0.25, 0.3) is 0 Å². The van der Waals surface area contributed by atoms with Crippen LogP contribution in [0.15, 0.2) is 145 Å². The lowest BCUT2D eigenvalue weighted by atomic mass is 9.84. The summed E-state index contributed by atoms with van der Waals surface area (Å²) in [6.07, 6.45) is 6.01. The zero-order valence-corrected chi connectivity index (χ0v) is 34.2. The minimum atomic E-state index is -4.11. The van der Waals surface area contributed by atoms with Crippen LogP contribution in [0.25, 0.3) is 16.8 Å². The van der Waals surface area contributed by atoms with Gasteiger partial charge in [-0.25, -0.2) is 22.8 Å². The van der Waals surface area contributed by atoms with Crippen LogP contribution < -0.4 is 15.5 Å². The average Bonchev–Trinajstić information content (AvgIpc) is 3.95. The molecule has 3 aromatic heterocycles. The van der Waals surface area contributed by atoms with E-state index in [1.807, 2.05) is 92.7 Å². The summed E-state index contributed by atoms with van der Waals surface area (Å²) in [6, 6.07) is 31.5. The van der Waals surface area contributed by atoms with Gasteiger partial charge in [-0.15, -0.1) is 0 Å². The van der Waals surface area contributed by atoms with Crippen LogP contribution in [0.5, 0.6) is 0 Å². The van der Waals surface area contributed by atoms with Crippen LogP contribution in [0.4, 0.5) is 28.9 Å². The monoisotopic (exact) mass is 846 g/mol. The summed E-state index contributed by atoms with van der Waals surface area (Å²) in [6.45, 7) is 6.69. The first-order valence-electron chi connectivity index (χ1n) is 20.5. The van der Waals surface area contributed by atoms with Crippen LogP contribution in [0.1, 0.15) is 43.1 Å². The fraction of sp³-hybridized carbons (Fsp3) is 0.277. The summed E-state index contributed by atoms with van der Waals surface area (Å²) in [7, 11) is 0. The first-order valence-corrected chi connectivity index (χ1v) is 20.5. The fourth-order valence-corrected chi connectivity index (χ4v) is 8.02. The highest BCUT2D eigenvalue weighted by Crippen LogP contribution is 2.47. The second kappa shape index (κ2) is 17.8. The van der Waals surface area contributed by atoms with E-state index in [0.29, 0.717) is 24.7 Å². The van der Waals surface area contributed by atoms with E-state index in [0.717, 1.165) is 77.2 Å². The van der Waals surface area contributed by atoms with Crippen LogP contribution in [0.2, 0.25) is 0 Å². The number of anilines is 2.